The molecule has 1 heterocycles. The van der Waals surface area contributed by atoms with Gasteiger partial charge in [-0.15, -0.1) is 0 Å². The molecule has 2 rings (SSSR count). The largest absolute Gasteiger partial charge is 0.496 e. The Bertz CT molecular complexity index is 462. The first-order chi connectivity index (χ1) is 9.62. The number of hydrazine groups is 1. The van der Waals surface area contributed by atoms with Crippen LogP contribution < -0.4 is 16.0 Å². The molecule has 1 fully saturated rings. The zero-order chi connectivity index (χ0) is 14.7. The second kappa shape index (κ2) is 6.57. The molecular formula is C16H26N2O2. The van der Waals surface area contributed by atoms with Gasteiger partial charge in [-0.25, -0.2) is 0 Å². The van der Waals surface area contributed by atoms with Gasteiger partial charge in [0.15, 0.2) is 0 Å². The van der Waals surface area contributed by atoms with Gasteiger partial charge in [-0.3, -0.25) is 11.3 Å². The molecule has 112 valence electrons. The molecule has 0 bridgehead atoms. The highest BCUT2D eigenvalue weighted by molar-refractivity contribution is 5.45. The van der Waals surface area contributed by atoms with Crippen LogP contribution in [0.4, 0.5) is 0 Å². The lowest BCUT2D eigenvalue weighted by Gasteiger charge is -2.29. The van der Waals surface area contributed by atoms with Gasteiger partial charge in [0, 0.05) is 18.1 Å². The molecule has 20 heavy (non-hydrogen) atoms. The van der Waals surface area contributed by atoms with Gasteiger partial charge in [0.05, 0.1) is 19.3 Å². The first-order valence-corrected chi connectivity index (χ1v) is 7.35. The fourth-order valence-corrected chi connectivity index (χ4v) is 3.40. The fourth-order valence-electron chi connectivity index (χ4n) is 3.40. The van der Waals surface area contributed by atoms with E-state index in [4.69, 9.17) is 15.3 Å². The predicted molar refractivity (Wildman–Crippen MR) is 80.7 cm³/mol. The van der Waals surface area contributed by atoms with Crippen molar-refractivity contribution in [1.29, 1.82) is 0 Å². The summed E-state index contributed by atoms with van der Waals surface area (Å²) in [5, 5.41) is 0. The SMILES string of the molecule is CCC1OCCC1C(NN)c1c(C)cc(C)cc1OC. The number of hydrogen-bond acceptors (Lipinski definition) is 4. The summed E-state index contributed by atoms with van der Waals surface area (Å²) in [4.78, 5) is 0. The van der Waals surface area contributed by atoms with E-state index in [1.54, 1.807) is 7.11 Å². The van der Waals surface area contributed by atoms with E-state index in [9.17, 15) is 0 Å². The molecular weight excluding hydrogens is 252 g/mol. The molecule has 3 atom stereocenters. The van der Waals surface area contributed by atoms with E-state index < -0.39 is 0 Å². The number of ether oxygens (including phenoxy) is 2. The van der Waals surface area contributed by atoms with Gasteiger partial charge in [0.25, 0.3) is 0 Å². The van der Waals surface area contributed by atoms with Crippen LogP contribution in [0.2, 0.25) is 0 Å². The maximum atomic E-state index is 5.87. The van der Waals surface area contributed by atoms with E-state index >= 15 is 0 Å². The summed E-state index contributed by atoms with van der Waals surface area (Å²) in [6.07, 6.45) is 2.31. The third-order valence-corrected chi connectivity index (χ3v) is 4.29. The summed E-state index contributed by atoms with van der Waals surface area (Å²) in [6.45, 7) is 7.17. The Hall–Kier alpha value is -1.10. The molecule has 0 aromatic heterocycles. The summed E-state index contributed by atoms with van der Waals surface area (Å²) in [7, 11) is 1.72. The molecule has 3 N–H and O–H groups in total. The van der Waals surface area contributed by atoms with Crippen molar-refractivity contribution in [3.63, 3.8) is 0 Å². The van der Waals surface area contributed by atoms with Crippen LogP contribution in [-0.2, 0) is 4.74 Å². The molecule has 3 unspecified atom stereocenters. The summed E-state index contributed by atoms with van der Waals surface area (Å²) in [5.41, 5.74) is 6.58. The van der Waals surface area contributed by atoms with E-state index in [2.05, 4.69) is 38.3 Å². The molecule has 0 amide bonds. The van der Waals surface area contributed by atoms with Gasteiger partial charge in [0.1, 0.15) is 5.75 Å². The average Bonchev–Trinajstić information content (AvgIpc) is 2.89. The summed E-state index contributed by atoms with van der Waals surface area (Å²) >= 11 is 0. The van der Waals surface area contributed by atoms with Crippen molar-refractivity contribution >= 4 is 0 Å². The van der Waals surface area contributed by atoms with Gasteiger partial charge in [0.2, 0.25) is 0 Å². The van der Waals surface area contributed by atoms with E-state index in [0.29, 0.717) is 5.92 Å². The molecule has 1 aromatic rings. The Morgan fingerprint density at radius 2 is 2.20 bits per heavy atom. The monoisotopic (exact) mass is 278 g/mol. The van der Waals surface area contributed by atoms with Gasteiger partial charge < -0.3 is 9.47 Å². The number of methoxy groups -OCH3 is 1. The Kier molecular flexibility index (Phi) is 5.02. The van der Waals surface area contributed by atoms with Crippen LogP contribution in [-0.4, -0.2) is 19.8 Å². The van der Waals surface area contributed by atoms with Crippen LogP contribution in [0.1, 0.15) is 42.5 Å². The van der Waals surface area contributed by atoms with Crippen molar-refractivity contribution in [3.05, 3.63) is 28.8 Å². The summed E-state index contributed by atoms with van der Waals surface area (Å²) in [6, 6.07) is 4.32. The van der Waals surface area contributed by atoms with Crippen molar-refractivity contribution in [2.75, 3.05) is 13.7 Å². The van der Waals surface area contributed by atoms with Crippen molar-refractivity contribution in [2.24, 2.45) is 11.8 Å². The molecule has 0 aliphatic carbocycles. The number of benzene rings is 1. The van der Waals surface area contributed by atoms with E-state index in [1.807, 2.05) is 0 Å². The van der Waals surface area contributed by atoms with Gasteiger partial charge >= 0.3 is 0 Å². The quantitative estimate of drug-likeness (QED) is 0.642. The molecule has 0 spiro atoms. The minimum Gasteiger partial charge on any atom is -0.496 e. The van der Waals surface area contributed by atoms with E-state index in [0.717, 1.165) is 30.8 Å². The summed E-state index contributed by atoms with van der Waals surface area (Å²) in [5.74, 6) is 7.17. The first-order valence-electron chi connectivity index (χ1n) is 7.35. The number of nitrogens with two attached hydrogens (primary N) is 1. The minimum atomic E-state index is 0.0676. The smallest absolute Gasteiger partial charge is 0.124 e. The highest BCUT2D eigenvalue weighted by atomic mass is 16.5. The maximum absolute atomic E-state index is 5.87. The second-order valence-corrected chi connectivity index (χ2v) is 5.61. The zero-order valence-electron chi connectivity index (χ0n) is 12.9. The molecule has 1 aliphatic heterocycles. The minimum absolute atomic E-state index is 0.0676. The Labute approximate surface area is 121 Å². The predicted octanol–water partition coefficient (Wildman–Crippen LogP) is 2.63. The van der Waals surface area contributed by atoms with Crippen molar-refractivity contribution in [2.45, 2.75) is 45.8 Å². The van der Waals surface area contributed by atoms with Crippen LogP contribution in [0.5, 0.6) is 5.75 Å². The molecule has 4 nitrogen and oxygen atoms in total. The Morgan fingerprint density at radius 1 is 1.45 bits per heavy atom. The molecule has 0 saturated carbocycles. The van der Waals surface area contributed by atoms with Gasteiger partial charge in [-0.05, 0) is 43.9 Å². The standard InChI is InChI=1S/C16H26N2O2/c1-5-13-12(6-7-20-13)16(18-17)15-11(3)8-10(2)9-14(15)19-4/h8-9,12-13,16,18H,5-7,17H2,1-4H3. The third-order valence-electron chi connectivity index (χ3n) is 4.29. The van der Waals surface area contributed by atoms with Crippen LogP contribution in [0, 0.1) is 19.8 Å². The number of hydrogen-bond donors (Lipinski definition) is 2. The molecule has 1 aromatic carbocycles. The van der Waals surface area contributed by atoms with Gasteiger partial charge in [-0.2, -0.15) is 0 Å². The molecule has 1 aliphatic rings. The second-order valence-electron chi connectivity index (χ2n) is 5.61. The van der Waals surface area contributed by atoms with Crippen molar-refractivity contribution in [1.82, 2.24) is 5.43 Å². The highest BCUT2D eigenvalue weighted by Gasteiger charge is 2.36. The van der Waals surface area contributed by atoms with E-state index in [-0.39, 0.29) is 12.1 Å². The highest BCUT2D eigenvalue weighted by Crippen LogP contribution is 2.39. The molecule has 1 saturated heterocycles. The van der Waals surface area contributed by atoms with Crippen molar-refractivity contribution in [3.8, 4) is 5.75 Å². The normalized spacial score (nSPS) is 23.9. The van der Waals surface area contributed by atoms with Crippen LogP contribution in [0.3, 0.4) is 0 Å². The topological polar surface area (TPSA) is 56.5 Å². The Balaban J connectivity index is 2.41. The zero-order valence-corrected chi connectivity index (χ0v) is 12.9. The lowest BCUT2D eigenvalue weighted by atomic mass is 9.84. The fraction of sp³-hybridized carbons (Fsp3) is 0.625. The number of aryl methyl sites for hydroxylation is 2. The van der Waals surface area contributed by atoms with Crippen LogP contribution in [0.25, 0.3) is 0 Å². The van der Waals surface area contributed by atoms with Crippen molar-refractivity contribution < 1.29 is 9.47 Å². The Morgan fingerprint density at radius 3 is 2.80 bits per heavy atom. The first kappa shape index (κ1) is 15.3. The molecule has 0 radical (unpaired) electrons. The summed E-state index contributed by atoms with van der Waals surface area (Å²) < 4.78 is 11.4. The molecule has 4 heteroatoms. The number of rotatable bonds is 5. The maximum Gasteiger partial charge on any atom is 0.124 e. The average molecular weight is 278 g/mol. The number of nitrogens with one attached hydrogen (secondary N) is 1. The third kappa shape index (κ3) is 2.82. The lowest BCUT2D eigenvalue weighted by Crippen LogP contribution is -2.37. The van der Waals surface area contributed by atoms with Crippen LogP contribution in [0.15, 0.2) is 12.1 Å². The van der Waals surface area contributed by atoms with Crippen LogP contribution >= 0.6 is 0 Å². The van der Waals surface area contributed by atoms with E-state index in [1.165, 1.54) is 11.1 Å². The lowest BCUT2D eigenvalue weighted by molar-refractivity contribution is 0.0770. The van der Waals surface area contributed by atoms with Gasteiger partial charge in [-0.1, -0.05) is 13.0 Å².